The predicted molar refractivity (Wildman–Crippen MR) is 125 cm³/mol. The Bertz CT molecular complexity index is 1110. The lowest BCUT2D eigenvalue weighted by Crippen LogP contribution is -2.41. The molecule has 1 saturated heterocycles. The Balaban J connectivity index is 1.30. The van der Waals surface area contributed by atoms with Crippen molar-refractivity contribution in [2.24, 2.45) is 0 Å². The molecule has 0 atom stereocenters. The number of nitrogens with one attached hydrogen (secondary N) is 1. The summed E-state index contributed by atoms with van der Waals surface area (Å²) in [5.74, 6) is 0.366. The van der Waals surface area contributed by atoms with E-state index in [1.807, 2.05) is 4.90 Å². The Hall–Kier alpha value is -2.53. The van der Waals surface area contributed by atoms with Crippen LogP contribution in [-0.4, -0.2) is 60.9 Å². The van der Waals surface area contributed by atoms with Gasteiger partial charge in [0.1, 0.15) is 11.9 Å². The van der Waals surface area contributed by atoms with Gasteiger partial charge in [0.25, 0.3) is 0 Å². The van der Waals surface area contributed by atoms with Gasteiger partial charge in [-0.05, 0) is 31.4 Å². The number of fused-ring (bicyclic) bond motifs is 1. The third-order valence-electron chi connectivity index (χ3n) is 6.76. The van der Waals surface area contributed by atoms with Gasteiger partial charge in [-0.25, -0.2) is 27.2 Å². The molecular formula is C23H29F2N5O3S. The molecule has 34 heavy (non-hydrogen) atoms. The van der Waals surface area contributed by atoms with Crippen LogP contribution in [0.1, 0.15) is 43.5 Å². The Kier molecular flexibility index (Phi) is 6.82. The molecule has 0 unspecified atom stereocenters. The third kappa shape index (κ3) is 5.25. The van der Waals surface area contributed by atoms with E-state index in [0.29, 0.717) is 51.5 Å². The number of nitrogens with zero attached hydrogens (tertiary/aromatic N) is 4. The molecule has 1 aromatic heterocycles. The number of rotatable bonds is 7. The molecule has 1 N–H and O–H groups in total. The molecule has 0 amide bonds. The summed E-state index contributed by atoms with van der Waals surface area (Å²) < 4.78 is 55.3. The largest absolute Gasteiger partial charge is 0.487 e. The summed E-state index contributed by atoms with van der Waals surface area (Å²) in [7, 11) is -2.47. The van der Waals surface area contributed by atoms with E-state index in [-0.39, 0.29) is 17.7 Å². The zero-order valence-corrected chi connectivity index (χ0v) is 19.8. The molecule has 3 heterocycles. The van der Waals surface area contributed by atoms with Crippen LogP contribution >= 0.6 is 0 Å². The lowest BCUT2D eigenvalue weighted by Gasteiger charge is -2.36. The first-order valence-electron chi connectivity index (χ1n) is 11.8. The van der Waals surface area contributed by atoms with E-state index >= 15 is 0 Å². The highest BCUT2D eigenvalue weighted by molar-refractivity contribution is 7.72. The maximum absolute atomic E-state index is 14.0. The zero-order valence-electron chi connectivity index (χ0n) is 18.9. The number of ether oxygens (including phenoxy) is 1. The molecule has 0 spiro atoms. The van der Waals surface area contributed by atoms with Crippen LogP contribution in [0.3, 0.4) is 0 Å². The van der Waals surface area contributed by atoms with Gasteiger partial charge in [-0.2, -0.15) is 0 Å². The van der Waals surface area contributed by atoms with Gasteiger partial charge in [-0.1, -0.05) is 0 Å². The minimum Gasteiger partial charge on any atom is -0.487 e. The fraction of sp³-hybridized carbons (Fsp3) is 0.565. The van der Waals surface area contributed by atoms with E-state index < -0.39 is 22.3 Å². The van der Waals surface area contributed by atoms with E-state index in [2.05, 4.69) is 10.2 Å². The van der Waals surface area contributed by atoms with Gasteiger partial charge in [0.2, 0.25) is 0 Å². The molecule has 8 nitrogen and oxygen atoms in total. The molecule has 1 aromatic carbocycles. The van der Waals surface area contributed by atoms with Crippen LogP contribution < -0.4 is 15.0 Å². The number of halogens is 2. The fourth-order valence-electron chi connectivity index (χ4n) is 4.66. The van der Waals surface area contributed by atoms with Gasteiger partial charge < -0.3 is 15.0 Å². The monoisotopic (exact) mass is 493 g/mol. The van der Waals surface area contributed by atoms with Crippen LogP contribution in [0.5, 0.6) is 5.75 Å². The molecule has 1 aliphatic carbocycles. The lowest BCUT2D eigenvalue weighted by atomic mass is 9.93. The van der Waals surface area contributed by atoms with Crippen molar-refractivity contribution in [2.75, 3.05) is 35.7 Å². The Morgan fingerprint density at radius 2 is 1.85 bits per heavy atom. The van der Waals surface area contributed by atoms with Crippen molar-refractivity contribution in [2.45, 2.75) is 57.2 Å². The smallest absolute Gasteiger partial charge is 0.172 e. The second-order valence-corrected chi connectivity index (χ2v) is 10.2. The van der Waals surface area contributed by atoms with Gasteiger partial charge in [0, 0.05) is 57.5 Å². The van der Waals surface area contributed by atoms with Crippen molar-refractivity contribution >= 4 is 22.3 Å². The molecule has 11 heteroatoms. The van der Waals surface area contributed by atoms with Crippen LogP contribution in [0, 0.1) is 11.6 Å². The lowest BCUT2D eigenvalue weighted by molar-refractivity contribution is 0.163. The van der Waals surface area contributed by atoms with Gasteiger partial charge in [-0.3, -0.25) is 4.90 Å². The maximum Gasteiger partial charge on any atom is 0.172 e. The summed E-state index contributed by atoms with van der Waals surface area (Å²) in [5, 5.41) is 3.54. The molecule has 3 aliphatic rings. The summed E-state index contributed by atoms with van der Waals surface area (Å²) in [6.07, 6.45) is 5.25. The number of hydrogen-bond acceptors (Lipinski definition) is 8. The first-order valence-corrected chi connectivity index (χ1v) is 13.2. The highest BCUT2D eigenvalue weighted by Gasteiger charge is 2.29. The van der Waals surface area contributed by atoms with E-state index in [0.717, 1.165) is 41.9 Å². The summed E-state index contributed by atoms with van der Waals surface area (Å²) in [4.78, 5) is 14.0. The highest BCUT2D eigenvalue weighted by atomic mass is 32.2. The van der Waals surface area contributed by atoms with E-state index in [9.17, 15) is 17.2 Å². The Labute approximate surface area is 199 Å². The van der Waals surface area contributed by atoms with Crippen LogP contribution in [0.15, 0.2) is 18.2 Å². The van der Waals surface area contributed by atoms with Crippen LogP contribution in [0.25, 0.3) is 0 Å². The van der Waals surface area contributed by atoms with Gasteiger partial charge >= 0.3 is 0 Å². The summed E-state index contributed by atoms with van der Waals surface area (Å²) in [6.45, 7) is 2.48. The number of aromatic nitrogens is 2. The molecule has 5 rings (SSSR count). The maximum atomic E-state index is 14.0. The molecule has 0 bridgehead atoms. The average molecular weight is 494 g/mol. The van der Waals surface area contributed by atoms with Crippen molar-refractivity contribution < 1.29 is 21.9 Å². The predicted octanol–water partition coefficient (Wildman–Crippen LogP) is 2.69. The molecule has 184 valence electrons. The molecule has 2 aliphatic heterocycles. The number of thiol groups is 1. The van der Waals surface area contributed by atoms with Crippen LogP contribution in [0.2, 0.25) is 0 Å². The minimum atomic E-state index is -2.47. The zero-order chi connectivity index (χ0) is 23.7. The van der Waals surface area contributed by atoms with Gasteiger partial charge in [0.05, 0.1) is 17.3 Å². The van der Waals surface area contributed by atoms with Crippen molar-refractivity contribution in [3.63, 3.8) is 0 Å². The molecule has 2 aromatic rings. The fourth-order valence-corrected chi connectivity index (χ4v) is 5.23. The standard InChI is InChI=1S/C23H29F2N5O3S/c24-15-4-5-21(18(25)12-15)33-17-6-10-30(11-7-17)23-22(26-16-2-1-3-16)27-20-13-29(14-34(31)32)9-8-19(20)28-23/h4-5,12,16-17,34H,1-3,6-11,13-14H2,(H,26,27). The SMILES string of the molecule is O=[SH](=O)CN1CCc2nc(N3CCC(Oc4ccc(F)cc4F)CC3)c(NC3CCC3)nc2C1. The minimum absolute atomic E-state index is 0.0335. The van der Waals surface area contributed by atoms with Crippen molar-refractivity contribution in [3.05, 3.63) is 41.2 Å². The van der Waals surface area contributed by atoms with Crippen molar-refractivity contribution in [1.82, 2.24) is 14.9 Å². The average Bonchev–Trinajstić information content (AvgIpc) is 2.78. The quantitative estimate of drug-likeness (QED) is 0.570. The third-order valence-corrected chi connectivity index (χ3v) is 7.39. The number of benzene rings is 1. The van der Waals surface area contributed by atoms with Gasteiger partial charge in [0.15, 0.2) is 33.9 Å². The highest BCUT2D eigenvalue weighted by Crippen LogP contribution is 2.32. The number of anilines is 2. The first-order chi connectivity index (χ1) is 16.4. The molecule has 2 fully saturated rings. The van der Waals surface area contributed by atoms with Crippen molar-refractivity contribution in [3.8, 4) is 5.75 Å². The van der Waals surface area contributed by atoms with E-state index in [1.165, 1.54) is 18.6 Å². The molecule has 1 saturated carbocycles. The van der Waals surface area contributed by atoms with Crippen LogP contribution in [-0.2, 0) is 23.7 Å². The Morgan fingerprint density at radius 3 is 2.53 bits per heavy atom. The summed E-state index contributed by atoms with van der Waals surface area (Å²) in [5.41, 5.74) is 1.75. The van der Waals surface area contributed by atoms with Crippen molar-refractivity contribution in [1.29, 1.82) is 0 Å². The molecule has 0 radical (unpaired) electrons. The molecular weight excluding hydrogens is 464 g/mol. The Morgan fingerprint density at radius 1 is 1.06 bits per heavy atom. The normalized spacial score (nSPS) is 19.7. The topological polar surface area (TPSA) is 87.7 Å². The van der Waals surface area contributed by atoms with Gasteiger partial charge in [-0.15, -0.1) is 0 Å². The number of hydrogen-bond donors (Lipinski definition) is 2. The summed E-state index contributed by atoms with van der Waals surface area (Å²) >= 11 is 0. The summed E-state index contributed by atoms with van der Waals surface area (Å²) in [6, 6.07) is 3.75. The first kappa shape index (κ1) is 23.2. The van der Waals surface area contributed by atoms with E-state index in [1.54, 1.807) is 0 Å². The second-order valence-electron chi connectivity index (χ2n) is 9.22. The van der Waals surface area contributed by atoms with E-state index in [4.69, 9.17) is 14.7 Å². The number of piperidine rings is 1. The second kappa shape index (κ2) is 9.99. The van der Waals surface area contributed by atoms with Crippen LogP contribution in [0.4, 0.5) is 20.4 Å².